The van der Waals surface area contributed by atoms with Gasteiger partial charge in [0.25, 0.3) is 5.91 Å². The zero-order valence-corrected chi connectivity index (χ0v) is 14.0. The smallest absolute Gasteiger partial charge is 0.253 e. The number of nitrogens with zero attached hydrogens (tertiary/aromatic N) is 2. The lowest BCUT2D eigenvalue weighted by Gasteiger charge is -2.50. The molecule has 3 heterocycles. The molecule has 1 unspecified atom stereocenters. The van der Waals surface area contributed by atoms with E-state index >= 15 is 0 Å². The first kappa shape index (κ1) is 15.2. The zero-order chi connectivity index (χ0) is 16.7. The SMILES string of the molecule is CN1C(=O)CCCC12CCCN(C(=O)c1ccc3[nH]ccc3c1)C2. The Labute approximate surface area is 141 Å². The van der Waals surface area contributed by atoms with Crippen LogP contribution < -0.4 is 0 Å². The van der Waals surface area contributed by atoms with Crippen LogP contribution in [0, 0.1) is 0 Å². The highest BCUT2D eigenvalue weighted by molar-refractivity contribution is 5.98. The molecule has 2 fully saturated rings. The summed E-state index contributed by atoms with van der Waals surface area (Å²) in [5.74, 6) is 0.285. The Morgan fingerprint density at radius 1 is 1.21 bits per heavy atom. The van der Waals surface area contributed by atoms with E-state index in [-0.39, 0.29) is 17.4 Å². The Balaban J connectivity index is 1.59. The molecule has 0 aliphatic carbocycles. The molecule has 2 aliphatic rings. The summed E-state index contributed by atoms with van der Waals surface area (Å²) in [5.41, 5.74) is 1.60. The van der Waals surface area contributed by atoms with Gasteiger partial charge in [-0.05, 0) is 49.9 Å². The number of benzene rings is 1. The van der Waals surface area contributed by atoms with Gasteiger partial charge in [-0.1, -0.05) is 0 Å². The Morgan fingerprint density at radius 2 is 2.04 bits per heavy atom. The minimum atomic E-state index is -0.165. The lowest BCUT2D eigenvalue weighted by molar-refractivity contribution is -0.142. The molecule has 0 radical (unpaired) electrons. The standard InChI is InChI=1S/C19H23N3O2/c1-21-17(23)4-2-8-19(21)9-3-11-22(13-19)18(24)15-5-6-16-14(12-15)7-10-20-16/h5-7,10,12,20H,2-4,8-9,11,13H2,1H3. The van der Waals surface area contributed by atoms with Crippen molar-refractivity contribution in [1.82, 2.24) is 14.8 Å². The molecule has 0 saturated carbocycles. The minimum absolute atomic E-state index is 0.0728. The quantitative estimate of drug-likeness (QED) is 0.876. The van der Waals surface area contributed by atoms with Crippen LogP contribution in [0.3, 0.4) is 0 Å². The van der Waals surface area contributed by atoms with E-state index in [4.69, 9.17) is 0 Å². The highest BCUT2D eigenvalue weighted by Crippen LogP contribution is 2.36. The number of rotatable bonds is 1. The van der Waals surface area contributed by atoms with Gasteiger partial charge >= 0.3 is 0 Å². The molecule has 24 heavy (non-hydrogen) atoms. The number of carbonyl (C=O) groups excluding carboxylic acids is 2. The van der Waals surface area contributed by atoms with Crippen LogP contribution >= 0.6 is 0 Å². The van der Waals surface area contributed by atoms with Gasteiger partial charge in [0, 0.05) is 49.2 Å². The lowest BCUT2D eigenvalue weighted by Crippen LogP contribution is -2.61. The molecule has 5 heteroatoms. The highest BCUT2D eigenvalue weighted by atomic mass is 16.2. The Bertz CT molecular complexity index is 793. The summed E-state index contributed by atoms with van der Waals surface area (Å²) in [7, 11) is 1.90. The monoisotopic (exact) mass is 325 g/mol. The van der Waals surface area contributed by atoms with Gasteiger partial charge in [0.15, 0.2) is 0 Å². The Morgan fingerprint density at radius 3 is 2.92 bits per heavy atom. The summed E-state index contributed by atoms with van der Waals surface area (Å²) in [5, 5.41) is 1.05. The van der Waals surface area contributed by atoms with Crippen LogP contribution in [-0.2, 0) is 4.79 Å². The number of likely N-dealkylation sites (N-methyl/N-ethyl adjacent to an activating group) is 1. The van der Waals surface area contributed by atoms with Crippen LogP contribution in [0.2, 0.25) is 0 Å². The molecule has 2 aliphatic heterocycles. The minimum Gasteiger partial charge on any atom is -0.361 e. The molecular formula is C19H23N3O2. The number of likely N-dealkylation sites (tertiary alicyclic amines) is 2. The van der Waals surface area contributed by atoms with E-state index in [1.807, 2.05) is 47.3 Å². The number of hydrogen-bond donors (Lipinski definition) is 1. The van der Waals surface area contributed by atoms with Crippen LogP contribution in [0.15, 0.2) is 30.5 Å². The number of fused-ring (bicyclic) bond motifs is 1. The van der Waals surface area contributed by atoms with E-state index in [2.05, 4.69) is 4.98 Å². The van der Waals surface area contributed by atoms with Crippen molar-refractivity contribution >= 4 is 22.7 Å². The summed E-state index contributed by atoms with van der Waals surface area (Å²) in [6, 6.07) is 7.78. The average Bonchev–Trinajstić information content (AvgIpc) is 3.07. The van der Waals surface area contributed by atoms with E-state index in [0.717, 1.165) is 48.7 Å². The molecule has 2 amide bonds. The van der Waals surface area contributed by atoms with Crippen LogP contribution in [0.5, 0.6) is 0 Å². The largest absolute Gasteiger partial charge is 0.361 e. The fraction of sp³-hybridized carbons (Fsp3) is 0.474. The van der Waals surface area contributed by atoms with Crippen molar-refractivity contribution in [2.45, 2.75) is 37.6 Å². The fourth-order valence-electron chi connectivity index (χ4n) is 4.30. The first-order valence-corrected chi connectivity index (χ1v) is 8.72. The van der Waals surface area contributed by atoms with Crippen molar-refractivity contribution in [1.29, 1.82) is 0 Å². The number of piperidine rings is 2. The van der Waals surface area contributed by atoms with Crippen molar-refractivity contribution in [2.24, 2.45) is 0 Å². The van der Waals surface area contributed by atoms with Gasteiger partial charge < -0.3 is 14.8 Å². The molecule has 1 spiro atoms. The number of hydrogen-bond acceptors (Lipinski definition) is 2. The van der Waals surface area contributed by atoms with Crippen molar-refractivity contribution in [3.05, 3.63) is 36.0 Å². The van der Waals surface area contributed by atoms with Crippen LogP contribution in [0.1, 0.15) is 42.5 Å². The van der Waals surface area contributed by atoms with Gasteiger partial charge in [-0.2, -0.15) is 0 Å². The third-order valence-electron chi connectivity index (χ3n) is 5.76. The number of aromatic nitrogens is 1. The second-order valence-electron chi connectivity index (χ2n) is 7.14. The van der Waals surface area contributed by atoms with Crippen LogP contribution in [-0.4, -0.2) is 52.3 Å². The maximum Gasteiger partial charge on any atom is 0.253 e. The number of nitrogens with one attached hydrogen (secondary N) is 1. The predicted octanol–water partition coefficient (Wildman–Crippen LogP) is 2.79. The fourth-order valence-corrected chi connectivity index (χ4v) is 4.30. The molecule has 4 rings (SSSR count). The van der Waals surface area contributed by atoms with E-state index in [1.54, 1.807) is 0 Å². The molecule has 1 aromatic heterocycles. The highest BCUT2D eigenvalue weighted by Gasteiger charge is 2.44. The summed E-state index contributed by atoms with van der Waals surface area (Å²) >= 11 is 0. The molecular weight excluding hydrogens is 302 g/mol. The predicted molar refractivity (Wildman–Crippen MR) is 92.8 cm³/mol. The molecule has 2 aromatic rings. The number of amides is 2. The number of carbonyl (C=O) groups is 2. The third-order valence-corrected chi connectivity index (χ3v) is 5.76. The molecule has 5 nitrogen and oxygen atoms in total. The van der Waals surface area contributed by atoms with Crippen molar-refractivity contribution in [3.63, 3.8) is 0 Å². The van der Waals surface area contributed by atoms with E-state index < -0.39 is 0 Å². The van der Waals surface area contributed by atoms with E-state index in [1.165, 1.54) is 0 Å². The van der Waals surface area contributed by atoms with Gasteiger partial charge in [-0.15, -0.1) is 0 Å². The van der Waals surface area contributed by atoms with Gasteiger partial charge in [-0.3, -0.25) is 9.59 Å². The topological polar surface area (TPSA) is 56.4 Å². The Kier molecular flexibility index (Phi) is 3.59. The molecule has 1 N–H and O–H groups in total. The van der Waals surface area contributed by atoms with E-state index in [0.29, 0.717) is 13.0 Å². The number of H-pyrrole nitrogens is 1. The first-order chi connectivity index (χ1) is 11.6. The van der Waals surface area contributed by atoms with Gasteiger partial charge in [0.1, 0.15) is 0 Å². The van der Waals surface area contributed by atoms with Gasteiger partial charge in [-0.25, -0.2) is 0 Å². The van der Waals surface area contributed by atoms with Crippen molar-refractivity contribution in [3.8, 4) is 0 Å². The molecule has 1 atom stereocenters. The summed E-state index contributed by atoms with van der Waals surface area (Å²) in [6.45, 7) is 1.42. The summed E-state index contributed by atoms with van der Waals surface area (Å²) in [6.07, 6.45) is 6.40. The van der Waals surface area contributed by atoms with Gasteiger partial charge in [0.2, 0.25) is 5.91 Å². The second kappa shape index (κ2) is 5.65. The first-order valence-electron chi connectivity index (χ1n) is 8.72. The van der Waals surface area contributed by atoms with E-state index in [9.17, 15) is 9.59 Å². The second-order valence-corrected chi connectivity index (χ2v) is 7.14. The zero-order valence-electron chi connectivity index (χ0n) is 14.0. The maximum absolute atomic E-state index is 13.0. The molecule has 126 valence electrons. The summed E-state index contributed by atoms with van der Waals surface area (Å²) < 4.78 is 0. The van der Waals surface area contributed by atoms with Gasteiger partial charge in [0.05, 0.1) is 5.54 Å². The van der Waals surface area contributed by atoms with Crippen molar-refractivity contribution < 1.29 is 9.59 Å². The Hall–Kier alpha value is -2.30. The summed E-state index contributed by atoms with van der Waals surface area (Å²) in [4.78, 5) is 32.1. The average molecular weight is 325 g/mol. The third kappa shape index (κ3) is 2.39. The molecule has 0 bridgehead atoms. The lowest BCUT2D eigenvalue weighted by atomic mass is 9.80. The van der Waals surface area contributed by atoms with Crippen LogP contribution in [0.4, 0.5) is 0 Å². The van der Waals surface area contributed by atoms with Crippen molar-refractivity contribution in [2.75, 3.05) is 20.1 Å². The number of aromatic amines is 1. The normalized spacial score (nSPS) is 24.8. The molecule has 1 aromatic carbocycles. The molecule has 2 saturated heterocycles. The van der Waals surface area contributed by atoms with Crippen LogP contribution in [0.25, 0.3) is 10.9 Å². The maximum atomic E-state index is 13.0.